The van der Waals surface area contributed by atoms with Gasteiger partial charge in [0.1, 0.15) is 5.75 Å². The summed E-state index contributed by atoms with van der Waals surface area (Å²) in [6.07, 6.45) is 2.10. The fourth-order valence-electron chi connectivity index (χ4n) is 2.17. The molecule has 5 nitrogen and oxygen atoms in total. The number of hydrogen-bond acceptors (Lipinski definition) is 3. The molecule has 0 aromatic heterocycles. The highest BCUT2D eigenvalue weighted by molar-refractivity contribution is 14.0. The summed E-state index contributed by atoms with van der Waals surface area (Å²) >= 11 is 0. The molecule has 2 atom stereocenters. The smallest absolute Gasteiger partial charge is 0.196 e. The highest BCUT2D eigenvalue weighted by atomic mass is 127. The maximum atomic E-state index is 5.72. The van der Waals surface area contributed by atoms with Gasteiger partial charge in [0.25, 0.3) is 0 Å². The lowest BCUT2D eigenvalue weighted by Gasteiger charge is -2.13. The van der Waals surface area contributed by atoms with Crippen LogP contribution >= 0.6 is 24.0 Å². The number of hydrogen-bond donors (Lipinski definition) is 2. The highest BCUT2D eigenvalue weighted by Crippen LogP contribution is 2.29. The van der Waals surface area contributed by atoms with Gasteiger partial charge in [-0.2, -0.15) is 0 Å². The van der Waals surface area contributed by atoms with Crippen LogP contribution in [0.5, 0.6) is 5.75 Å². The topological polar surface area (TPSA) is 54.9 Å². The molecule has 130 valence electrons. The Bertz CT molecular complexity index is 496. The predicted molar refractivity (Wildman–Crippen MR) is 106 cm³/mol. The lowest BCUT2D eigenvalue weighted by molar-refractivity contribution is 0.172. The van der Waals surface area contributed by atoms with Crippen molar-refractivity contribution in [1.82, 2.24) is 5.32 Å². The van der Waals surface area contributed by atoms with Crippen molar-refractivity contribution in [2.75, 3.05) is 32.2 Å². The molecule has 0 bridgehead atoms. The third-order valence-electron chi connectivity index (χ3n) is 3.61. The molecule has 0 heterocycles. The predicted octanol–water partition coefficient (Wildman–Crippen LogP) is 3.51. The summed E-state index contributed by atoms with van der Waals surface area (Å²) in [5.74, 6) is 2.43. The Kier molecular flexibility index (Phi) is 9.31. The van der Waals surface area contributed by atoms with Crippen LogP contribution in [0.15, 0.2) is 29.3 Å². The summed E-state index contributed by atoms with van der Waals surface area (Å²) in [7, 11) is 1.70. The Morgan fingerprint density at radius 1 is 1.35 bits per heavy atom. The number of benzene rings is 1. The summed E-state index contributed by atoms with van der Waals surface area (Å²) in [4.78, 5) is 4.49. The average molecular weight is 433 g/mol. The fourth-order valence-corrected chi connectivity index (χ4v) is 2.17. The molecule has 0 saturated heterocycles. The van der Waals surface area contributed by atoms with Gasteiger partial charge in [0, 0.05) is 44.5 Å². The van der Waals surface area contributed by atoms with Gasteiger partial charge in [-0.1, -0.05) is 13.0 Å². The molecule has 0 radical (unpaired) electrons. The second-order valence-corrected chi connectivity index (χ2v) is 5.63. The standard InChI is InChI=1S/C17H27N3O2.HI/c1-4-18-17(20-16-11-13(16)2)19-14-7-5-8-15(12-14)22-10-6-9-21-3;/h5,7-8,12-13,16H,4,6,9-11H2,1-3H3,(H2,18,19,20);1H. The summed E-state index contributed by atoms with van der Waals surface area (Å²) in [5, 5.41) is 6.80. The quantitative estimate of drug-likeness (QED) is 0.285. The summed E-state index contributed by atoms with van der Waals surface area (Å²) in [6.45, 7) is 6.41. The van der Waals surface area contributed by atoms with E-state index in [0.29, 0.717) is 12.6 Å². The number of nitrogens with zero attached hydrogens (tertiary/aromatic N) is 1. The third-order valence-corrected chi connectivity index (χ3v) is 3.61. The van der Waals surface area contributed by atoms with E-state index in [1.165, 1.54) is 6.42 Å². The van der Waals surface area contributed by atoms with E-state index in [1.54, 1.807) is 7.11 Å². The van der Waals surface area contributed by atoms with Crippen molar-refractivity contribution in [2.45, 2.75) is 32.7 Å². The molecular weight excluding hydrogens is 405 g/mol. The lowest BCUT2D eigenvalue weighted by atomic mass is 10.3. The van der Waals surface area contributed by atoms with Crippen LogP contribution in [0.3, 0.4) is 0 Å². The average Bonchev–Trinajstić information content (AvgIpc) is 3.19. The zero-order valence-electron chi connectivity index (χ0n) is 14.2. The second-order valence-electron chi connectivity index (χ2n) is 5.63. The van der Waals surface area contributed by atoms with Crippen molar-refractivity contribution in [3.05, 3.63) is 24.3 Å². The van der Waals surface area contributed by atoms with E-state index < -0.39 is 0 Å². The summed E-state index contributed by atoms with van der Waals surface area (Å²) in [5.41, 5.74) is 0.984. The SMILES string of the molecule is CCN=C(Nc1cccc(OCCCOC)c1)NC1CC1C.I. The van der Waals surface area contributed by atoms with Crippen molar-refractivity contribution < 1.29 is 9.47 Å². The van der Waals surface area contributed by atoms with Crippen molar-refractivity contribution >= 4 is 35.6 Å². The molecule has 1 aromatic carbocycles. The van der Waals surface area contributed by atoms with Crippen molar-refractivity contribution in [3.63, 3.8) is 0 Å². The summed E-state index contributed by atoms with van der Waals surface area (Å²) < 4.78 is 10.7. The van der Waals surface area contributed by atoms with E-state index in [2.05, 4.69) is 22.5 Å². The van der Waals surface area contributed by atoms with Crippen LogP contribution in [-0.2, 0) is 4.74 Å². The van der Waals surface area contributed by atoms with Gasteiger partial charge in [0.2, 0.25) is 0 Å². The number of aliphatic imine (C=N–C) groups is 1. The largest absolute Gasteiger partial charge is 0.493 e. The number of ether oxygens (including phenoxy) is 2. The van der Waals surface area contributed by atoms with E-state index in [1.807, 2.05) is 31.2 Å². The van der Waals surface area contributed by atoms with Gasteiger partial charge >= 0.3 is 0 Å². The minimum absolute atomic E-state index is 0. The Hall–Kier alpha value is -1.02. The number of nitrogens with one attached hydrogen (secondary N) is 2. The zero-order chi connectivity index (χ0) is 15.8. The van der Waals surface area contributed by atoms with Crippen LogP contribution in [0.2, 0.25) is 0 Å². The van der Waals surface area contributed by atoms with Gasteiger partial charge in [-0.3, -0.25) is 4.99 Å². The number of rotatable bonds is 8. The molecule has 2 rings (SSSR count). The van der Waals surface area contributed by atoms with E-state index in [9.17, 15) is 0 Å². The number of anilines is 1. The molecule has 1 aliphatic rings. The molecule has 1 saturated carbocycles. The molecule has 1 fully saturated rings. The Labute approximate surface area is 156 Å². The first kappa shape index (κ1) is 20.0. The van der Waals surface area contributed by atoms with E-state index in [0.717, 1.165) is 42.9 Å². The molecule has 0 aliphatic heterocycles. The summed E-state index contributed by atoms with van der Waals surface area (Å²) in [6, 6.07) is 8.51. The molecule has 2 unspecified atom stereocenters. The Morgan fingerprint density at radius 3 is 2.78 bits per heavy atom. The van der Waals surface area contributed by atoms with E-state index in [-0.39, 0.29) is 24.0 Å². The molecular formula is C17H28IN3O2. The van der Waals surface area contributed by atoms with Gasteiger partial charge in [-0.25, -0.2) is 0 Å². The molecule has 1 aliphatic carbocycles. The van der Waals surface area contributed by atoms with Crippen LogP contribution in [0.1, 0.15) is 26.7 Å². The van der Waals surface area contributed by atoms with Crippen LogP contribution < -0.4 is 15.4 Å². The highest BCUT2D eigenvalue weighted by Gasteiger charge is 2.33. The van der Waals surface area contributed by atoms with Crippen LogP contribution in [-0.4, -0.2) is 38.9 Å². The second kappa shape index (κ2) is 10.7. The van der Waals surface area contributed by atoms with E-state index in [4.69, 9.17) is 9.47 Å². The molecule has 2 N–H and O–H groups in total. The monoisotopic (exact) mass is 433 g/mol. The number of guanidine groups is 1. The molecule has 1 aromatic rings. The van der Waals surface area contributed by atoms with Gasteiger partial charge in [0.05, 0.1) is 6.61 Å². The maximum Gasteiger partial charge on any atom is 0.196 e. The molecule has 23 heavy (non-hydrogen) atoms. The molecule has 6 heteroatoms. The van der Waals surface area contributed by atoms with Crippen LogP contribution in [0.4, 0.5) is 5.69 Å². The van der Waals surface area contributed by atoms with Crippen LogP contribution in [0.25, 0.3) is 0 Å². The van der Waals surface area contributed by atoms with Gasteiger partial charge in [-0.15, -0.1) is 24.0 Å². The minimum atomic E-state index is 0. The van der Waals surface area contributed by atoms with E-state index >= 15 is 0 Å². The Balaban J connectivity index is 0.00000264. The molecule has 0 spiro atoms. The van der Waals surface area contributed by atoms with Gasteiger partial charge < -0.3 is 20.1 Å². The zero-order valence-corrected chi connectivity index (χ0v) is 16.5. The normalized spacial score (nSPS) is 19.7. The first-order valence-corrected chi connectivity index (χ1v) is 8.02. The first-order chi connectivity index (χ1) is 10.7. The van der Waals surface area contributed by atoms with Crippen molar-refractivity contribution in [2.24, 2.45) is 10.9 Å². The van der Waals surface area contributed by atoms with Crippen LogP contribution in [0, 0.1) is 5.92 Å². The van der Waals surface area contributed by atoms with Gasteiger partial charge in [-0.05, 0) is 31.4 Å². The number of halogens is 1. The Morgan fingerprint density at radius 2 is 2.13 bits per heavy atom. The number of methoxy groups -OCH3 is 1. The van der Waals surface area contributed by atoms with Crippen molar-refractivity contribution in [3.8, 4) is 5.75 Å². The third kappa shape index (κ3) is 7.39. The minimum Gasteiger partial charge on any atom is -0.493 e. The first-order valence-electron chi connectivity index (χ1n) is 8.02. The lowest BCUT2D eigenvalue weighted by Crippen LogP contribution is -2.33. The molecule has 0 amide bonds. The van der Waals surface area contributed by atoms with Crippen molar-refractivity contribution in [1.29, 1.82) is 0 Å². The van der Waals surface area contributed by atoms with Gasteiger partial charge in [0.15, 0.2) is 5.96 Å². The maximum absolute atomic E-state index is 5.72. The fraction of sp³-hybridized carbons (Fsp3) is 0.588.